The molecule has 6 N–H and O–H groups in total. The molecule has 2 saturated heterocycles. The molecule has 294 valence electrons. The van der Waals surface area contributed by atoms with Gasteiger partial charge in [0.05, 0.1) is 37.4 Å². The Morgan fingerprint density at radius 3 is 2.36 bits per heavy atom. The standard InChI is InChI=1S/C39H45BrFN3O10Si/c1-20-35(55(2,3)41)29(16-30(46)43-18-23-7-5-4-6-22(23)14-26(43)19-45)54-39(20)27-15-24(40)10-13-28(27)44(38(39)52)17-21-8-11-25(12-9-21)42-36(50)34-32(48)31(47)33(49)37(51)53-34/h4-13,15,20,26,29,31-35,37,45,47-49,51H,14,16-19H2,1-3H3,(H,42,50)/t20-,26-,29+,31-,32-,33+,34-,35-,37+,39+/m0/s1. The quantitative estimate of drug-likeness (QED) is 0.145. The summed E-state index contributed by atoms with van der Waals surface area (Å²) in [5, 5.41) is 52.6. The van der Waals surface area contributed by atoms with E-state index in [-0.39, 0.29) is 31.4 Å². The summed E-state index contributed by atoms with van der Waals surface area (Å²) in [6.45, 7) is 5.17. The van der Waals surface area contributed by atoms with Crippen LogP contribution in [0.5, 0.6) is 0 Å². The number of nitrogens with zero attached hydrogens (tertiary/aromatic N) is 2. The molecule has 2 fully saturated rings. The molecule has 4 aliphatic rings. The Labute approximate surface area is 327 Å². The Hall–Kier alpha value is -3.58. The van der Waals surface area contributed by atoms with Crippen LogP contribution >= 0.6 is 15.9 Å². The van der Waals surface area contributed by atoms with Crippen LogP contribution < -0.4 is 10.2 Å². The van der Waals surface area contributed by atoms with Crippen LogP contribution in [-0.2, 0) is 49.0 Å². The fraction of sp³-hybridized carbons (Fsp3) is 0.462. The molecule has 0 aliphatic carbocycles. The Balaban J connectivity index is 1.13. The lowest BCUT2D eigenvalue weighted by molar-refractivity contribution is -0.274. The van der Waals surface area contributed by atoms with E-state index in [1.807, 2.05) is 37.3 Å². The van der Waals surface area contributed by atoms with E-state index in [1.165, 1.54) is 0 Å². The molecule has 4 heterocycles. The van der Waals surface area contributed by atoms with Gasteiger partial charge < -0.3 is 54.2 Å². The van der Waals surface area contributed by atoms with Crippen molar-refractivity contribution in [2.45, 2.75) is 99.9 Å². The Morgan fingerprint density at radius 2 is 1.69 bits per heavy atom. The lowest BCUT2D eigenvalue weighted by Gasteiger charge is -2.37. The topological polar surface area (TPSA) is 189 Å². The molecule has 0 radical (unpaired) electrons. The van der Waals surface area contributed by atoms with Gasteiger partial charge in [-0.1, -0.05) is 59.3 Å². The number of amides is 3. The van der Waals surface area contributed by atoms with E-state index in [2.05, 4.69) is 21.2 Å². The van der Waals surface area contributed by atoms with Crippen molar-refractivity contribution in [3.05, 3.63) is 93.5 Å². The summed E-state index contributed by atoms with van der Waals surface area (Å²) < 4.78 is 29.0. The molecule has 3 aromatic rings. The van der Waals surface area contributed by atoms with E-state index in [0.717, 1.165) is 11.1 Å². The number of anilines is 2. The Bertz CT molecular complexity index is 1970. The third-order valence-electron chi connectivity index (χ3n) is 11.6. The molecule has 10 atom stereocenters. The number of rotatable bonds is 8. The highest BCUT2D eigenvalue weighted by atomic mass is 79.9. The van der Waals surface area contributed by atoms with Gasteiger partial charge in [0.2, 0.25) is 14.3 Å². The second kappa shape index (κ2) is 15.1. The summed E-state index contributed by atoms with van der Waals surface area (Å²) in [7, 11) is -3.58. The van der Waals surface area contributed by atoms with Gasteiger partial charge in [-0.05, 0) is 66.5 Å². The van der Waals surface area contributed by atoms with E-state index in [9.17, 15) is 39.9 Å². The van der Waals surface area contributed by atoms with Crippen molar-refractivity contribution in [2.75, 3.05) is 16.8 Å². The first kappa shape index (κ1) is 39.6. The average molecular weight is 843 g/mol. The number of aliphatic hydroxyl groups excluding tert-OH is 5. The van der Waals surface area contributed by atoms with Crippen LogP contribution in [0.25, 0.3) is 0 Å². The minimum Gasteiger partial charge on any atom is -0.394 e. The normalized spacial score (nSPS) is 31.7. The molecule has 3 amide bonds. The summed E-state index contributed by atoms with van der Waals surface area (Å²) in [5.41, 5.74) is 1.90. The smallest absolute Gasteiger partial charge is 0.264 e. The first-order valence-electron chi connectivity index (χ1n) is 18.3. The maximum absolute atomic E-state index is 16.5. The molecule has 16 heteroatoms. The molecular weight excluding hydrogens is 797 g/mol. The molecular formula is C39H45BrFN3O10Si. The van der Waals surface area contributed by atoms with E-state index in [1.54, 1.807) is 59.3 Å². The number of carbonyl (C=O) groups excluding carboxylic acids is 3. The molecule has 0 aromatic heterocycles. The largest absolute Gasteiger partial charge is 0.394 e. The van der Waals surface area contributed by atoms with Gasteiger partial charge in [-0.2, -0.15) is 0 Å². The van der Waals surface area contributed by atoms with Gasteiger partial charge >= 0.3 is 0 Å². The highest BCUT2D eigenvalue weighted by Gasteiger charge is 2.67. The van der Waals surface area contributed by atoms with E-state index in [0.29, 0.717) is 39.9 Å². The number of ether oxygens (including phenoxy) is 2. The lowest BCUT2D eigenvalue weighted by Crippen LogP contribution is -2.60. The predicted molar refractivity (Wildman–Crippen MR) is 204 cm³/mol. The zero-order valence-corrected chi connectivity index (χ0v) is 33.1. The number of aliphatic hydroxyl groups is 5. The summed E-state index contributed by atoms with van der Waals surface area (Å²) in [5.74, 6) is -2.14. The lowest BCUT2D eigenvalue weighted by atomic mass is 9.82. The number of carbonyl (C=O) groups is 3. The van der Waals surface area contributed by atoms with Crippen molar-refractivity contribution < 1.29 is 53.5 Å². The SMILES string of the molecule is C[C@H]1[C@H]([Si](C)(C)F)[C@@H](CC(=O)N2Cc3ccccc3C[C@H]2CO)O[C@]12C(=O)N(Cc1ccc(NC(=O)[C@H]3O[C@@H](O)[C@H](O)[C@@H](O)[C@@H]3O)cc1)c1ccc(Br)cc12. The molecule has 7 rings (SSSR count). The fourth-order valence-corrected chi connectivity index (χ4v) is 11.7. The number of nitrogens with one attached hydrogen (secondary N) is 1. The van der Waals surface area contributed by atoms with Crippen molar-refractivity contribution >= 4 is 53.4 Å². The molecule has 0 saturated carbocycles. The van der Waals surface area contributed by atoms with Crippen LogP contribution in [0.15, 0.2) is 71.2 Å². The van der Waals surface area contributed by atoms with Crippen molar-refractivity contribution in [3.63, 3.8) is 0 Å². The van der Waals surface area contributed by atoms with Crippen molar-refractivity contribution in [3.8, 4) is 0 Å². The van der Waals surface area contributed by atoms with Gasteiger partial charge in [-0.25, -0.2) is 0 Å². The number of fused-ring (bicyclic) bond motifs is 3. The number of halogens is 2. The van der Waals surface area contributed by atoms with E-state index < -0.39 is 74.2 Å². The second-order valence-electron chi connectivity index (χ2n) is 15.5. The minimum absolute atomic E-state index is 0.0936. The summed E-state index contributed by atoms with van der Waals surface area (Å²) in [4.78, 5) is 45.0. The zero-order valence-electron chi connectivity index (χ0n) is 30.5. The molecule has 4 aliphatic heterocycles. The van der Waals surface area contributed by atoms with Gasteiger partial charge in [-0.15, -0.1) is 0 Å². The molecule has 3 aromatic carbocycles. The molecule has 55 heavy (non-hydrogen) atoms. The fourth-order valence-electron chi connectivity index (χ4n) is 8.88. The summed E-state index contributed by atoms with van der Waals surface area (Å²) >= 11 is 3.55. The zero-order chi connectivity index (χ0) is 39.6. The molecule has 1 spiro atoms. The van der Waals surface area contributed by atoms with Crippen molar-refractivity contribution in [1.29, 1.82) is 0 Å². The van der Waals surface area contributed by atoms with Crippen LogP contribution in [-0.4, -0.2) is 106 Å². The first-order valence-corrected chi connectivity index (χ1v) is 22.0. The Kier molecular flexibility index (Phi) is 10.9. The van der Waals surface area contributed by atoms with Gasteiger partial charge in [-0.3, -0.25) is 14.4 Å². The van der Waals surface area contributed by atoms with Crippen LogP contribution in [0.1, 0.15) is 35.6 Å². The maximum atomic E-state index is 16.5. The van der Waals surface area contributed by atoms with Crippen molar-refractivity contribution in [1.82, 2.24) is 4.90 Å². The third-order valence-corrected chi connectivity index (χ3v) is 14.5. The minimum atomic E-state index is -3.58. The molecule has 13 nitrogen and oxygen atoms in total. The highest BCUT2D eigenvalue weighted by Crippen LogP contribution is 2.60. The Morgan fingerprint density at radius 1 is 1.00 bits per heavy atom. The number of hydrogen-bond acceptors (Lipinski definition) is 10. The third kappa shape index (κ3) is 7.06. The maximum Gasteiger partial charge on any atom is 0.264 e. The van der Waals surface area contributed by atoms with Crippen LogP contribution in [0.4, 0.5) is 15.5 Å². The van der Waals surface area contributed by atoms with Crippen LogP contribution in [0, 0.1) is 5.92 Å². The molecule has 0 bridgehead atoms. The van der Waals surface area contributed by atoms with Crippen LogP contribution in [0.3, 0.4) is 0 Å². The van der Waals surface area contributed by atoms with E-state index in [4.69, 9.17) is 9.47 Å². The van der Waals surface area contributed by atoms with Crippen molar-refractivity contribution in [2.24, 2.45) is 5.92 Å². The predicted octanol–water partition coefficient (Wildman–Crippen LogP) is 2.85. The number of hydrogen-bond donors (Lipinski definition) is 6. The monoisotopic (exact) mass is 841 g/mol. The van der Waals surface area contributed by atoms with Gasteiger partial charge in [0.25, 0.3) is 11.8 Å². The highest BCUT2D eigenvalue weighted by molar-refractivity contribution is 9.10. The second-order valence-corrected chi connectivity index (χ2v) is 20.2. The van der Waals surface area contributed by atoms with Crippen LogP contribution in [0.2, 0.25) is 18.6 Å². The average Bonchev–Trinajstić information content (AvgIpc) is 3.57. The van der Waals surface area contributed by atoms with Gasteiger partial charge in [0.1, 0.15) is 18.3 Å². The summed E-state index contributed by atoms with van der Waals surface area (Å²) in [6.07, 6.45) is -9.44. The van der Waals surface area contributed by atoms with Gasteiger partial charge in [0, 0.05) is 33.7 Å². The molecule has 0 unspecified atom stereocenters. The first-order chi connectivity index (χ1) is 26.0. The number of benzene rings is 3. The summed E-state index contributed by atoms with van der Waals surface area (Å²) in [6, 6.07) is 19.3. The van der Waals surface area contributed by atoms with E-state index >= 15 is 4.11 Å². The van der Waals surface area contributed by atoms with Gasteiger partial charge in [0.15, 0.2) is 18.0 Å².